The van der Waals surface area contributed by atoms with Gasteiger partial charge in [-0.05, 0) is 75.2 Å². The van der Waals surface area contributed by atoms with Gasteiger partial charge in [-0.3, -0.25) is 5.43 Å². The summed E-state index contributed by atoms with van der Waals surface area (Å²) in [6.45, 7) is 10.4. The van der Waals surface area contributed by atoms with Crippen LogP contribution in [0.5, 0.6) is 0 Å². The molecule has 0 saturated carbocycles. The van der Waals surface area contributed by atoms with Gasteiger partial charge in [0.2, 0.25) is 0 Å². The van der Waals surface area contributed by atoms with Crippen molar-refractivity contribution in [2.45, 2.75) is 34.6 Å². The minimum absolute atomic E-state index is 0.484. The first-order valence-electron chi connectivity index (χ1n) is 7.62. The third-order valence-electron chi connectivity index (χ3n) is 3.95. The van der Waals surface area contributed by atoms with Gasteiger partial charge in [0, 0.05) is 11.3 Å². The van der Waals surface area contributed by atoms with E-state index in [1.807, 2.05) is 18.3 Å². The summed E-state index contributed by atoms with van der Waals surface area (Å²) in [6.07, 6.45) is 1.82. The topological polar surface area (TPSA) is 36.4 Å². The molecule has 0 aromatic heterocycles. The fourth-order valence-electron chi connectivity index (χ4n) is 2.59. The zero-order chi connectivity index (χ0) is 17.0. The summed E-state index contributed by atoms with van der Waals surface area (Å²) in [5.74, 6) is 0. The molecule has 3 nitrogen and oxygen atoms in total. The number of anilines is 1. The Balaban J connectivity index is 2.03. The van der Waals surface area contributed by atoms with E-state index in [1.165, 1.54) is 27.8 Å². The Morgan fingerprint density at radius 3 is 2.30 bits per heavy atom. The molecule has 0 heterocycles. The third-order valence-corrected chi connectivity index (χ3v) is 4.14. The van der Waals surface area contributed by atoms with Gasteiger partial charge in [-0.15, -0.1) is 0 Å². The fraction of sp³-hybridized carbons (Fsp3) is 0.263. The lowest BCUT2D eigenvalue weighted by Gasteiger charge is -2.12. The van der Waals surface area contributed by atoms with Crippen LogP contribution in [0.2, 0.25) is 0 Å². The van der Waals surface area contributed by atoms with E-state index in [2.05, 4.69) is 68.7 Å². The molecule has 0 amide bonds. The average Bonchev–Trinajstić information content (AvgIpc) is 2.46. The lowest BCUT2D eigenvalue weighted by Crippen LogP contribution is -2.24. The van der Waals surface area contributed by atoms with Crippen molar-refractivity contribution in [1.82, 2.24) is 5.43 Å². The molecule has 23 heavy (non-hydrogen) atoms. The van der Waals surface area contributed by atoms with Crippen LogP contribution in [0.15, 0.2) is 35.4 Å². The zero-order valence-electron chi connectivity index (χ0n) is 14.3. The second-order valence-corrected chi connectivity index (χ2v) is 6.29. The van der Waals surface area contributed by atoms with Crippen molar-refractivity contribution < 1.29 is 0 Å². The number of nitrogens with zero attached hydrogens (tertiary/aromatic N) is 1. The molecule has 0 aliphatic rings. The Labute approximate surface area is 143 Å². The maximum Gasteiger partial charge on any atom is 0.191 e. The molecule has 0 aliphatic carbocycles. The first-order chi connectivity index (χ1) is 10.9. The van der Waals surface area contributed by atoms with Gasteiger partial charge in [0.1, 0.15) is 0 Å². The molecule has 0 fully saturated rings. The molecule has 2 rings (SSSR count). The molecule has 2 aromatic carbocycles. The van der Waals surface area contributed by atoms with Crippen molar-refractivity contribution in [2.75, 3.05) is 5.32 Å². The number of nitrogens with one attached hydrogen (secondary N) is 2. The van der Waals surface area contributed by atoms with Crippen molar-refractivity contribution in [3.63, 3.8) is 0 Å². The minimum Gasteiger partial charge on any atom is -0.331 e. The summed E-state index contributed by atoms with van der Waals surface area (Å²) in [7, 11) is 0. The van der Waals surface area contributed by atoms with Gasteiger partial charge >= 0.3 is 0 Å². The lowest BCUT2D eigenvalue weighted by molar-refractivity contribution is 1.05. The van der Waals surface area contributed by atoms with E-state index in [0.29, 0.717) is 5.11 Å². The first kappa shape index (κ1) is 17.2. The highest BCUT2D eigenvalue weighted by molar-refractivity contribution is 7.80. The number of hydrogen-bond acceptors (Lipinski definition) is 2. The van der Waals surface area contributed by atoms with Crippen molar-refractivity contribution in [2.24, 2.45) is 5.10 Å². The number of benzene rings is 2. The van der Waals surface area contributed by atoms with E-state index >= 15 is 0 Å². The van der Waals surface area contributed by atoms with Crippen molar-refractivity contribution in [1.29, 1.82) is 0 Å². The van der Waals surface area contributed by atoms with Gasteiger partial charge in [-0.2, -0.15) is 5.10 Å². The summed E-state index contributed by atoms with van der Waals surface area (Å²) >= 11 is 5.30. The normalized spacial score (nSPS) is 10.8. The monoisotopic (exact) mass is 325 g/mol. The van der Waals surface area contributed by atoms with Crippen molar-refractivity contribution >= 4 is 29.2 Å². The molecular weight excluding hydrogens is 302 g/mol. The molecule has 0 bridgehead atoms. The summed E-state index contributed by atoms with van der Waals surface area (Å²) in [4.78, 5) is 0. The predicted octanol–water partition coefficient (Wildman–Crippen LogP) is 4.55. The molecule has 0 spiro atoms. The average molecular weight is 325 g/mol. The number of aryl methyl sites for hydroxylation is 4. The minimum atomic E-state index is 0.484. The molecule has 0 aliphatic heterocycles. The highest BCUT2D eigenvalue weighted by Crippen LogP contribution is 2.17. The summed E-state index contributed by atoms with van der Waals surface area (Å²) in [5, 5.41) is 7.93. The summed E-state index contributed by atoms with van der Waals surface area (Å²) in [6, 6.07) is 10.4. The van der Waals surface area contributed by atoms with Gasteiger partial charge in [0.15, 0.2) is 5.11 Å². The van der Waals surface area contributed by atoms with Gasteiger partial charge < -0.3 is 5.32 Å². The Bertz CT molecular complexity index is 740. The standard InChI is InChI=1S/C19H23N3S/c1-12-9-14(3)17(15(4)10-12)11-20-22-19(23)21-18-8-6-7-13(2)16(18)5/h6-11H,1-5H3,(H2,21,22,23). The quantitative estimate of drug-likeness (QED) is 0.494. The van der Waals surface area contributed by atoms with E-state index < -0.39 is 0 Å². The smallest absolute Gasteiger partial charge is 0.191 e. The zero-order valence-corrected chi connectivity index (χ0v) is 15.1. The molecular formula is C19H23N3S. The second-order valence-electron chi connectivity index (χ2n) is 5.88. The van der Waals surface area contributed by atoms with E-state index in [1.54, 1.807) is 0 Å². The van der Waals surface area contributed by atoms with E-state index in [-0.39, 0.29) is 0 Å². The number of hydrogen-bond donors (Lipinski definition) is 2. The number of thiocarbonyl (C=S) groups is 1. The van der Waals surface area contributed by atoms with Crippen LogP contribution in [0.25, 0.3) is 0 Å². The Kier molecular flexibility index (Phi) is 5.50. The van der Waals surface area contributed by atoms with Crippen LogP contribution in [0, 0.1) is 34.6 Å². The molecule has 0 unspecified atom stereocenters. The highest BCUT2D eigenvalue weighted by Gasteiger charge is 2.03. The van der Waals surface area contributed by atoms with Crippen LogP contribution in [0.3, 0.4) is 0 Å². The first-order valence-corrected chi connectivity index (χ1v) is 8.03. The van der Waals surface area contributed by atoms with Crippen LogP contribution in [-0.2, 0) is 0 Å². The summed E-state index contributed by atoms with van der Waals surface area (Å²) in [5.41, 5.74) is 11.1. The number of rotatable bonds is 3. The molecule has 4 heteroatoms. The maximum atomic E-state index is 5.30. The molecule has 0 atom stereocenters. The fourth-order valence-corrected chi connectivity index (χ4v) is 2.75. The van der Waals surface area contributed by atoms with Crippen LogP contribution >= 0.6 is 12.2 Å². The van der Waals surface area contributed by atoms with Crippen LogP contribution in [0.1, 0.15) is 33.4 Å². The van der Waals surface area contributed by atoms with Crippen LogP contribution in [-0.4, -0.2) is 11.3 Å². The van der Waals surface area contributed by atoms with Crippen LogP contribution < -0.4 is 10.7 Å². The lowest BCUT2D eigenvalue weighted by atomic mass is 10.0. The van der Waals surface area contributed by atoms with Gasteiger partial charge in [0.25, 0.3) is 0 Å². The Morgan fingerprint density at radius 1 is 1.00 bits per heavy atom. The van der Waals surface area contributed by atoms with Crippen molar-refractivity contribution in [3.05, 3.63) is 63.7 Å². The molecule has 2 N–H and O–H groups in total. The van der Waals surface area contributed by atoms with Crippen molar-refractivity contribution in [3.8, 4) is 0 Å². The molecule has 0 saturated heterocycles. The largest absolute Gasteiger partial charge is 0.331 e. The Morgan fingerprint density at radius 2 is 1.65 bits per heavy atom. The third kappa shape index (κ3) is 4.39. The Hall–Kier alpha value is -2.20. The van der Waals surface area contributed by atoms with Gasteiger partial charge in [0.05, 0.1) is 6.21 Å². The molecule has 0 radical (unpaired) electrons. The van der Waals surface area contributed by atoms with Gasteiger partial charge in [-0.1, -0.05) is 29.8 Å². The molecule has 2 aromatic rings. The highest BCUT2D eigenvalue weighted by atomic mass is 32.1. The predicted molar refractivity (Wildman–Crippen MR) is 104 cm³/mol. The van der Waals surface area contributed by atoms with E-state index in [4.69, 9.17) is 12.2 Å². The second kappa shape index (κ2) is 7.38. The summed E-state index contributed by atoms with van der Waals surface area (Å²) < 4.78 is 0. The van der Waals surface area contributed by atoms with E-state index in [9.17, 15) is 0 Å². The molecule has 120 valence electrons. The maximum absolute atomic E-state index is 5.30. The van der Waals surface area contributed by atoms with Gasteiger partial charge in [-0.25, -0.2) is 0 Å². The SMILES string of the molecule is Cc1cc(C)c(C=NNC(=S)Nc2cccc(C)c2C)c(C)c1. The van der Waals surface area contributed by atoms with Crippen LogP contribution in [0.4, 0.5) is 5.69 Å². The van der Waals surface area contributed by atoms with E-state index in [0.717, 1.165) is 11.3 Å². The number of hydrazone groups is 1.